The largest absolute Gasteiger partial charge is 0.478 e. The molecule has 0 saturated carbocycles. The van der Waals surface area contributed by atoms with Crippen LogP contribution in [0.15, 0.2) is 23.0 Å². The van der Waals surface area contributed by atoms with Crippen LogP contribution in [0.4, 0.5) is 0 Å². The predicted molar refractivity (Wildman–Crippen MR) is 70.6 cm³/mol. The van der Waals surface area contributed by atoms with E-state index in [1.54, 1.807) is 12.1 Å². The third-order valence-electron chi connectivity index (χ3n) is 2.93. The van der Waals surface area contributed by atoms with Crippen molar-refractivity contribution in [2.75, 3.05) is 6.61 Å². The van der Waals surface area contributed by atoms with Crippen molar-refractivity contribution in [2.45, 2.75) is 26.5 Å². The fraction of sp³-hybridized carbons (Fsp3) is 0.385. The Bertz CT molecular complexity index is 656. The van der Waals surface area contributed by atoms with Crippen LogP contribution < -0.4 is 5.69 Å². The Morgan fingerprint density at radius 2 is 2.26 bits per heavy atom. The first-order valence-corrected chi connectivity index (χ1v) is 6.11. The Kier molecular flexibility index (Phi) is 3.71. The molecule has 0 fully saturated rings. The Labute approximate surface area is 109 Å². The van der Waals surface area contributed by atoms with Crippen molar-refractivity contribution >= 4 is 17.0 Å². The zero-order valence-electron chi connectivity index (χ0n) is 10.8. The first kappa shape index (κ1) is 13.4. The number of aromatic amines is 1. The molecule has 0 radical (unpaired) electrons. The van der Waals surface area contributed by atoms with Gasteiger partial charge in [0.15, 0.2) is 0 Å². The highest BCUT2D eigenvalue weighted by molar-refractivity contribution is 6.00. The van der Waals surface area contributed by atoms with E-state index in [0.717, 1.165) is 0 Å². The number of hydrogen-bond donors (Lipinski definition) is 2. The Morgan fingerprint density at radius 3 is 2.89 bits per heavy atom. The summed E-state index contributed by atoms with van der Waals surface area (Å²) in [5.74, 6) is -1.06. The molecular weight excluding hydrogens is 248 g/mol. The summed E-state index contributed by atoms with van der Waals surface area (Å²) >= 11 is 0. The van der Waals surface area contributed by atoms with Crippen LogP contribution in [0.1, 0.15) is 24.2 Å². The fourth-order valence-electron chi connectivity index (χ4n) is 2.13. The number of hydrogen-bond acceptors (Lipinski definition) is 3. The molecular formula is C13H16N2O4. The quantitative estimate of drug-likeness (QED) is 0.856. The Morgan fingerprint density at radius 1 is 1.53 bits per heavy atom. The van der Waals surface area contributed by atoms with Gasteiger partial charge in [-0.05, 0) is 26.0 Å². The highest BCUT2D eigenvalue weighted by Gasteiger charge is 2.15. The molecule has 2 aromatic rings. The molecule has 0 bridgehead atoms. The number of ether oxygens (including phenoxy) is 1. The highest BCUT2D eigenvalue weighted by atomic mass is 16.5. The van der Waals surface area contributed by atoms with Gasteiger partial charge in [-0.1, -0.05) is 6.07 Å². The number of fused-ring (bicyclic) bond motifs is 1. The number of nitrogens with zero attached hydrogens (tertiary/aromatic N) is 1. The van der Waals surface area contributed by atoms with E-state index in [1.165, 1.54) is 10.6 Å². The summed E-state index contributed by atoms with van der Waals surface area (Å²) in [5.41, 5.74) is 0.702. The first-order chi connectivity index (χ1) is 9.04. The summed E-state index contributed by atoms with van der Waals surface area (Å²) in [6, 6.07) is 4.82. The van der Waals surface area contributed by atoms with Crippen LogP contribution >= 0.6 is 0 Å². The lowest BCUT2D eigenvalue weighted by Crippen LogP contribution is -2.24. The van der Waals surface area contributed by atoms with Crippen molar-refractivity contribution in [2.24, 2.45) is 0 Å². The van der Waals surface area contributed by atoms with Gasteiger partial charge in [-0.2, -0.15) is 0 Å². The molecule has 1 atom stereocenters. The number of aromatic nitrogens is 2. The number of nitrogens with one attached hydrogen (secondary N) is 1. The van der Waals surface area contributed by atoms with Gasteiger partial charge in [-0.15, -0.1) is 0 Å². The number of carbonyl (C=O) groups is 1. The van der Waals surface area contributed by atoms with Gasteiger partial charge >= 0.3 is 11.7 Å². The van der Waals surface area contributed by atoms with Crippen molar-refractivity contribution in [3.63, 3.8) is 0 Å². The summed E-state index contributed by atoms with van der Waals surface area (Å²) in [7, 11) is 0. The van der Waals surface area contributed by atoms with Crippen molar-refractivity contribution in [1.29, 1.82) is 0 Å². The lowest BCUT2D eigenvalue weighted by atomic mass is 10.2. The van der Waals surface area contributed by atoms with E-state index in [1.807, 2.05) is 13.8 Å². The van der Waals surface area contributed by atoms with Gasteiger partial charge in [-0.3, -0.25) is 4.57 Å². The molecule has 0 spiro atoms. The van der Waals surface area contributed by atoms with E-state index in [4.69, 9.17) is 9.84 Å². The third kappa shape index (κ3) is 2.53. The molecule has 1 aromatic carbocycles. The summed E-state index contributed by atoms with van der Waals surface area (Å²) in [5, 5.41) is 9.09. The number of carboxylic acids is 1. The minimum Gasteiger partial charge on any atom is -0.478 e. The summed E-state index contributed by atoms with van der Waals surface area (Å²) in [6.07, 6.45) is -0.116. The van der Waals surface area contributed by atoms with Gasteiger partial charge in [0.2, 0.25) is 0 Å². The SMILES string of the molecule is CCOC(C)Cn1c(=O)[nH]c2c(C(=O)O)cccc21. The molecule has 6 nitrogen and oxygen atoms in total. The molecule has 0 aliphatic carbocycles. The van der Waals surface area contributed by atoms with Crippen LogP contribution in [0.5, 0.6) is 0 Å². The van der Waals surface area contributed by atoms with Crippen molar-refractivity contribution in [1.82, 2.24) is 9.55 Å². The number of aromatic carboxylic acids is 1. The Hall–Kier alpha value is -2.08. The number of carboxylic acid groups (broad SMARTS) is 1. The monoisotopic (exact) mass is 264 g/mol. The van der Waals surface area contributed by atoms with Gasteiger partial charge < -0.3 is 14.8 Å². The smallest absolute Gasteiger partial charge is 0.337 e. The molecule has 1 heterocycles. The minimum atomic E-state index is -1.06. The first-order valence-electron chi connectivity index (χ1n) is 6.11. The standard InChI is InChI=1S/C13H16N2O4/c1-3-19-8(2)7-15-10-6-4-5-9(12(16)17)11(10)14-13(15)18/h4-6,8H,3,7H2,1-2H3,(H,14,18)(H,16,17). The van der Waals surface area contributed by atoms with Crippen LogP contribution in [0.3, 0.4) is 0 Å². The number of para-hydroxylation sites is 1. The second-order valence-electron chi connectivity index (χ2n) is 4.31. The van der Waals surface area contributed by atoms with Crippen molar-refractivity contribution in [3.05, 3.63) is 34.2 Å². The topological polar surface area (TPSA) is 84.3 Å². The van der Waals surface area contributed by atoms with Crippen LogP contribution in [-0.2, 0) is 11.3 Å². The van der Waals surface area contributed by atoms with E-state index in [-0.39, 0.29) is 17.4 Å². The minimum absolute atomic E-state index is 0.0948. The molecule has 6 heteroatoms. The number of imidazole rings is 1. The van der Waals surface area contributed by atoms with Gasteiger partial charge in [0.25, 0.3) is 0 Å². The van der Waals surface area contributed by atoms with Gasteiger partial charge in [-0.25, -0.2) is 9.59 Å². The molecule has 0 saturated heterocycles. The molecule has 102 valence electrons. The maximum Gasteiger partial charge on any atom is 0.337 e. The highest BCUT2D eigenvalue weighted by Crippen LogP contribution is 2.16. The molecule has 0 amide bonds. The molecule has 1 aromatic heterocycles. The maximum absolute atomic E-state index is 11.9. The van der Waals surface area contributed by atoms with Crippen molar-refractivity contribution in [3.8, 4) is 0 Å². The van der Waals surface area contributed by atoms with Crippen LogP contribution in [0.25, 0.3) is 11.0 Å². The van der Waals surface area contributed by atoms with E-state index in [0.29, 0.717) is 24.2 Å². The van der Waals surface area contributed by atoms with E-state index in [2.05, 4.69) is 4.98 Å². The number of rotatable bonds is 5. The zero-order chi connectivity index (χ0) is 14.0. The zero-order valence-corrected chi connectivity index (χ0v) is 10.8. The third-order valence-corrected chi connectivity index (χ3v) is 2.93. The van der Waals surface area contributed by atoms with E-state index in [9.17, 15) is 9.59 Å². The summed E-state index contributed by atoms with van der Waals surface area (Å²) in [6.45, 7) is 4.71. The normalized spacial score (nSPS) is 12.7. The molecule has 0 aliphatic rings. The molecule has 19 heavy (non-hydrogen) atoms. The Balaban J connectivity index is 2.51. The van der Waals surface area contributed by atoms with Crippen LogP contribution in [0.2, 0.25) is 0 Å². The predicted octanol–water partition coefficient (Wildman–Crippen LogP) is 1.45. The van der Waals surface area contributed by atoms with Crippen molar-refractivity contribution < 1.29 is 14.6 Å². The molecule has 0 aliphatic heterocycles. The lowest BCUT2D eigenvalue weighted by molar-refractivity contribution is 0.0642. The summed E-state index contributed by atoms with van der Waals surface area (Å²) in [4.78, 5) is 25.6. The average molecular weight is 264 g/mol. The number of benzene rings is 1. The molecule has 2 rings (SSSR count). The van der Waals surface area contributed by atoms with Gasteiger partial charge in [0, 0.05) is 6.61 Å². The second kappa shape index (κ2) is 5.27. The molecule has 2 N–H and O–H groups in total. The van der Waals surface area contributed by atoms with E-state index >= 15 is 0 Å². The van der Waals surface area contributed by atoms with E-state index < -0.39 is 5.97 Å². The number of H-pyrrole nitrogens is 1. The van der Waals surface area contributed by atoms with Crippen LogP contribution in [-0.4, -0.2) is 33.3 Å². The van der Waals surface area contributed by atoms with Gasteiger partial charge in [0.1, 0.15) is 0 Å². The average Bonchev–Trinajstić information content (AvgIpc) is 2.66. The second-order valence-corrected chi connectivity index (χ2v) is 4.31. The fourth-order valence-corrected chi connectivity index (χ4v) is 2.13. The lowest BCUT2D eigenvalue weighted by Gasteiger charge is -2.12. The summed E-state index contributed by atoms with van der Waals surface area (Å²) < 4.78 is 6.91. The maximum atomic E-state index is 11.9. The molecule has 1 unspecified atom stereocenters. The van der Waals surface area contributed by atoms with Crippen LogP contribution in [0, 0.1) is 0 Å². The van der Waals surface area contributed by atoms with Gasteiger partial charge in [0.05, 0.1) is 29.2 Å².